The van der Waals surface area contributed by atoms with Gasteiger partial charge in [0, 0.05) is 29.4 Å². The smallest absolute Gasteiger partial charge is 0.416 e. The van der Waals surface area contributed by atoms with Crippen molar-refractivity contribution in [3.05, 3.63) is 53.2 Å². The Morgan fingerprint density at radius 1 is 1.18 bits per heavy atom. The molecule has 2 amide bonds. The third-order valence-electron chi connectivity index (χ3n) is 4.59. The van der Waals surface area contributed by atoms with Gasteiger partial charge in [0.25, 0.3) is 5.91 Å². The lowest BCUT2D eigenvalue weighted by molar-refractivity contribution is 0.0573. The number of amides is 2. The van der Waals surface area contributed by atoms with E-state index in [-0.39, 0.29) is 31.5 Å². The van der Waals surface area contributed by atoms with Crippen LogP contribution in [0.1, 0.15) is 51.4 Å². The van der Waals surface area contributed by atoms with Gasteiger partial charge in [-0.15, -0.1) is 0 Å². The zero-order chi connectivity index (χ0) is 25.3. The number of pyridine rings is 1. The molecule has 8 nitrogen and oxygen atoms in total. The van der Waals surface area contributed by atoms with Crippen LogP contribution in [0, 0.1) is 11.3 Å². The Morgan fingerprint density at radius 3 is 2.50 bits per heavy atom. The van der Waals surface area contributed by atoms with Gasteiger partial charge in [0.2, 0.25) is 0 Å². The lowest BCUT2D eigenvalue weighted by atomic mass is 10.1. The van der Waals surface area contributed by atoms with Crippen LogP contribution in [-0.4, -0.2) is 53.2 Å². The highest BCUT2D eigenvalue weighted by molar-refractivity contribution is 6.31. The van der Waals surface area contributed by atoms with Crippen molar-refractivity contribution in [2.24, 2.45) is 0 Å². The Bertz CT molecular complexity index is 1020. The summed E-state index contributed by atoms with van der Waals surface area (Å²) in [5.74, 6) is 0.596. The molecule has 9 heteroatoms. The van der Waals surface area contributed by atoms with E-state index in [0.717, 1.165) is 0 Å². The minimum Gasteiger partial charge on any atom is -0.492 e. The van der Waals surface area contributed by atoms with Gasteiger partial charge in [-0.05, 0) is 65.0 Å². The molecule has 2 rings (SSSR count). The Labute approximate surface area is 206 Å². The summed E-state index contributed by atoms with van der Waals surface area (Å²) in [4.78, 5) is 33.0. The van der Waals surface area contributed by atoms with Gasteiger partial charge in [-0.1, -0.05) is 17.7 Å². The topological polar surface area (TPSA) is 95.8 Å². The fourth-order valence-corrected chi connectivity index (χ4v) is 3.31. The zero-order valence-electron chi connectivity index (χ0n) is 20.2. The van der Waals surface area contributed by atoms with Gasteiger partial charge in [0.15, 0.2) is 0 Å². The van der Waals surface area contributed by atoms with E-state index in [4.69, 9.17) is 26.3 Å². The van der Waals surface area contributed by atoms with Crippen molar-refractivity contribution in [1.29, 1.82) is 5.26 Å². The third kappa shape index (κ3) is 8.23. The number of carbonyl (C=O) groups excluding carboxylic acids is 2. The molecule has 0 saturated carbocycles. The zero-order valence-corrected chi connectivity index (χ0v) is 21.0. The Hall–Kier alpha value is -3.31. The fourth-order valence-electron chi connectivity index (χ4n) is 3.08. The number of halogens is 1. The minimum absolute atomic E-state index is 0.0787. The highest BCUT2D eigenvalue weighted by atomic mass is 35.5. The molecule has 2 aromatic rings. The first-order chi connectivity index (χ1) is 16.0. The molecule has 0 aliphatic rings. The van der Waals surface area contributed by atoms with Crippen LogP contribution in [0.4, 0.5) is 10.6 Å². The highest BCUT2D eigenvalue weighted by Gasteiger charge is 2.24. The predicted molar refractivity (Wildman–Crippen MR) is 131 cm³/mol. The Morgan fingerprint density at radius 2 is 1.91 bits per heavy atom. The lowest BCUT2D eigenvalue weighted by Crippen LogP contribution is -2.39. The van der Waals surface area contributed by atoms with Crippen LogP contribution in [0.25, 0.3) is 0 Å². The van der Waals surface area contributed by atoms with Crippen LogP contribution in [0.3, 0.4) is 0 Å². The second kappa shape index (κ2) is 12.2. The van der Waals surface area contributed by atoms with E-state index in [1.54, 1.807) is 68.3 Å². The minimum atomic E-state index is -0.666. The molecule has 1 aromatic heterocycles. The normalized spacial score (nSPS) is 11.0. The molecule has 0 N–H and O–H groups in total. The monoisotopic (exact) mass is 486 g/mol. The predicted octanol–water partition coefficient (Wildman–Crippen LogP) is 5.32. The van der Waals surface area contributed by atoms with Crippen molar-refractivity contribution in [1.82, 2.24) is 9.88 Å². The van der Waals surface area contributed by atoms with Crippen LogP contribution < -0.4 is 9.64 Å². The van der Waals surface area contributed by atoms with Gasteiger partial charge in [0.05, 0.1) is 19.0 Å². The van der Waals surface area contributed by atoms with E-state index in [2.05, 4.69) is 11.1 Å². The molecule has 0 bridgehead atoms. The fraction of sp³-hybridized carbons (Fsp3) is 0.440. The highest BCUT2D eigenvalue weighted by Crippen LogP contribution is 2.23. The van der Waals surface area contributed by atoms with Crippen molar-refractivity contribution in [2.45, 2.75) is 52.7 Å². The van der Waals surface area contributed by atoms with Gasteiger partial charge < -0.3 is 14.4 Å². The Kier molecular flexibility index (Phi) is 9.69. The molecule has 0 spiro atoms. The maximum atomic E-state index is 13.0. The number of aromatic nitrogens is 1. The second-order valence-corrected chi connectivity index (χ2v) is 9.28. The number of rotatable bonds is 9. The molecular weight excluding hydrogens is 456 g/mol. The number of nitrogens with zero attached hydrogens (tertiary/aromatic N) is 4. The van der Waals surface area contributed by atoms with E-state index in [1.807, 2.05) is 13.8 Å². The molecule has 0 atom stereocenters. The quantitative estimate of drug-likeness (QED) is 0.476. The summed E-state index contributed by atoms with van der Waals surface area (Å²) in [6.07, 6.45) is 1.29. The van der Waals surface area contributed by atoms with Gasteiger partial charge in [0.1, 0.15) is 23.8 Å². The molecule has 1 aromatic carbocycles. The number of hydrogen-bond acceptors (Lipinski definition) is 6. The van der Waals surface area contributed by atoms with Crippen molar-refractivity contribution < 1.29 is 19.1 Å². The summed E-state index contributed by atoms with van der Waals surface area (Å²) in [6.45, 7) is 9.76. The number of nitriles is 1. The summed E-state index contributed by atoms with van der Waals surface area (Å²) < 4.78 is 11.4. The number of ether oxygens (including phenoxy) is 2. The largest absolute Gasteiger partial charge is 0.492 e. The van der Waals surface area contributed by atoms with Gasteiger partial charge in [-0.25, -0.2) is 9.78 Å². The molecule has 0 fully saturated rings. The molecule has 34 heavy (non-hydrogen) atoms. The van der Waals surface area contributed by atoms with Crippen LogP contribution in [0.5, 0.6) is 5.75 Å². The molecule has 0 unspecified atom stereocenters. The van der Waals surface area contributed by atoms with E-state index < -0.39 is 11.7 Å². The van der Waals surface area contributed by atoms with E-state index >= 15 is 0 Å². The first-order valence-corrected chi connectivity index (χ1v) is 11.4. The van der Waals surface area contributed by atoms with Crippen LogP contribution in [-0.2, 0) is 4.74 Å². The summed E-state index contributed by atoms with van der Waals surface area (Å²) in [5.41, 5.74) is -0.302. The number of anilines is 1. The van der Waals surface area contributed by atoms with E-state index in [1.165, 1.54) is 4.90 Å². The molecule has 0 radical (unpaired) electrons. The van der Waals surface area contributed by atoms with E-state index in [0.29, 0.717) is 28.7 Å². The first-order valence-electron chi connectivity index (χ1n) is 11.0. The van der Waals surface area contributed by atoms with Crippen molar-refractivity contribution in [2.75, 3.05) is 24.6 Å². The number of benzene rings is 1. The van der Waals surface area contributed by atoms with E-state index in [9.17, 15) is 9.59 Å². The van der Waals surface area contributed by atoms with Gasteiger partial charge >= 0.3 is 6.09 Å². The molecule has 1 heterocycles. The van der Waals surface area contributed by atoms with Crippen LogP contribution in [0.15, 0.2) is 42.6 Å². The number of carbonyl (C=O) groups is 2. The molecule has 0 aliphatic heterocycles. The average molecular weight is 487 g/mol. The SMILES string of the molecule is CC(C)N(CCC#N)C(=O)c1cc(Cl)cc(OCCN(C(=O)OC(C)(C)C)c2ccccn2)c1. The molecular formula is C25H31ClN4O4. The molecule has 0 aliphatic carbocycles. The van der Waals surface area contributed by atoms with Gasteiger partial charge in [-0.3, -0.25) is 9.69 Å². The first kappa shape index (κ1) is 26.9. The van der Waals surface area contributed by atoms with Crippen molar-refractivity contribution in [3.8, 4) is 11.8 Å². The summed E-state index contributed by atoms with van der Waals surface area (Å²) in [5, 5.41) is 9.24. The second-order valence-electron chi connectivity index (χ2n) is 8.84. The summed E-state index contributed by atoms with van der Waals surface area (Å²) >= 11 is 6.25. The van der Waals surface area contributed by atoms with Crippen LogP contribution >= 0.6 is 11.6 Å². The maximum Gasteiger partial charge on any atom is 0.416 e. The molecule has 182 valence electrons. The van der Waals surface area contributed by atoms with Crippen molar-refractivity contribution >= 4 is 29.4 Å². The maximum absolute atomic E-state index is 13.0. The lowest BCUT2D eigenvalue weighted by Gasteiger charge is -2.27. The van der Waals surface area contributed by atoms with Gasteiger partial charge in [-0.2, -0.15) is 5.26 Å². The van der Waals surface area contributed by atoms with Crippen LogP contribution in [0.2, 0.25) is 5.02 Å². The number of hydrogen-bond donors (Lipinski definition) is 0. The third-order valence-corrected chi connectivity index (χ3v) is 4.81. The molecule has 0 saturated heterocycles. The standard InChI is InChI=1S/C25H31ClN4O4/c1-18(2)29(12-8-10-27)23(31)19-15-20(26)17-21(16-19)33-14-13-30(22-9-6-7-11-28-22)24(32)34-25(3,4)5/h6-7,9,11,15-18H,8,12-14H2,1-5H3. The summed E-state index contributed by atoms with van der Waals surface area (Å²) in [7, 11) is 0. The Balaban J connectivity index is 2.15. The van der Waals surface area contributed by atoms with Crippen molar-refractivity contribution in [3.63, 3.8) is 0 Å². The average Bonchev–Trinajstić information content (AvgIpc) is 2.75. The summed E-state index contributed by atoms with van der Waals surface area (Å²) in [6, 6.07) is 12.0.